The number of nitrogens with two attached hydrogens (primary N) is 1. The van der Waals surface area contributed by atoms with E-state index in [1.807, 2.05) is 11.1 Å². The van der Waals surface area contributed by atoms with Crippen molar-refractivity contribution in [1.29, 1.82) is 5.26 Å². The van der Waals surface area contributed by atoms with Crippen molar-refractivity contribution >= 4 is 11.6 Å². The molecule has 2 aromatic heterocycles. The molecule has 2 aliphatic heterocycles. The molecule has 12 heteroatoms. The minimum atomic E-state index is -4.79. The molecule has 0 amide bonds. The number of rotatable bonds is 4. The van der Waals surface area contributed by atoms with Gasteiger partial charge in [0.1, 0.15) is 35.4 Å². The quantitative estimate of drug-likeness (QED) is 0.501. The Labute approximate surface area is 211 Å². The fourth-order valence-corrected chi connectivity index (χ4v) is 5.21. The van der Waals surface area contributed by atoms with Gasteiger partial charge in [-0.1, -0.05) is 0 Å². The van der Waals surface area contributed by atoms with Crippen LogP contribution in [-0.2, 0) is 6.18 Å². The van der Waals surface area contributed by atoms with Crippen LogP contribution >= 0.6 is 0 Å². The lowest BCUT2D eigenvalue weighted by Gasteiger charge is -2.34. The second-order valence-electron chi connectivity index (χ2n) is 9.40. The summed E-state index contributed by atoms with van der Waals surface area (Å²) in [6, 6.07) is 5.27. The van der Waals surface area contributed by atoms with Crippen LogP contribution in [0.4, 0.5) is 29.2 Å². The van der Waals surface area contributed by atoms with E-state index >= 15 is 0 Å². The molecule has 0 bridgehead atoms. The van der Waals surface area contributed by atoms with Crippen molar-refractivity contribution in [2.45, 2.75) is 43.8 Å². The summed E-state index contributed by atoms with van der Waals surface area (Å²) in [7, 11) is 0. The van der Waals surface area contributed by atoms with Crippen LogP contribution in [0.3, 0.4) is 0 Å². The third-order valence-corrected chi connectivity index (χ3v) is 7.16. The van der Waals surface area contributed by atoms with Crippen LogP contribution in [-0.4, -0.2) is 45.7 Å². The Balaban J connectivity index is 1.45. The summed E-state index contributed by atoms with van der Waals surface area (Å²) in [6.45, 7) is 2.91. The number of benzene rings is 1. The number of anilines is 2. The van der Waals surface area contributed by atoms with E-state index in [0.717, 1.165) is 43.9 Å². The van der Waals surface area contributed by atoms with E-state index in [2.05, 4.69) is 25.9 Å². The van der Waals surface area contributed by atoms with Crippen LogP contribution in [0.5, 0.6) is 0 Å². The average Bonchev–Trinajstić information content (AvgIpc) is 3.34. The topological polar surface area (TPSA) is 109 Å². The summed E-state index contributed by atoms with van der Waals surface area (Å²) in [5.41, 5.74) is 5.43. The Bertz CT molecular complexity index is 1320. The minimum Gasteiger partial charge on any atom is -0.382 e. The third-order valence-electron chi connectivity index (χ3n) is 7.16. The van der Waals surface area contributed by atoms with Gasteiger partial charge in [0.15, 0.2) is 5.82 Å². The lowest BCUT2D eigenvalue weighted by atomic mass is 9.94. The fraction of sp³-hybridized carbons (Fsp3) is 0.440. The van der Waals surface area contributed by atoms with E-state index in [4.69, 9.17) is 10.7 Å². The summed E-state index contributed by atoms with van der Waals surface area (Å²) < 4.78 is 56.1. The van der Waals surface area contributed by atoms with Crippen molar-refractivity contribution in [2.75, 3.05) is 36.8 Å². The molecule has 0 aliphatic carbocycles. The zero-order valence-corrected chi connectivity index (χ0v) is 20.0. The van der Waals surface area contributed by atoms with E-state index < -0.39 is 17.6 Å². The summed E-state index contributed by atoms with van der Waals surface area (Å²) >= 11 is 0. The highest BCUT2D eigenvalue weighted by Crippen LogP contribution is 2.38. The van der Waals surface area contributed by atoms with Gasteiger partial charge >= 0.3 is 6.18 Å². The highest BCUT2D eigenvalue weighted by atomic mass is 19.4. The Hall–Kier alpha value is -3.72. The van der Waals surface area contributed by atoms with E-state index in [1.54, 1.807) is 0 Å². The Morgan fingerprint density at radius 3 is 2.49 bits per heavy atom. The van der Waals surface area contributed by atoms with Crippen molar-refractivity contribution in [3.05, 3.63) is 53.5 Å². The van der Waals surface area contributed by atoms with Gasteiger partial charge in [-0.25, -0.2) is 19.3 Å². The number of nitrogens with one attached hydrogen (secondary N) is 1. The van der Waals surface area contributed by atoms with Gasteiger partial charge in [-0.2, -0.15) is 18.4 Å². The van der Waals surface area contributed by atoms with Gasteiger partial charge in [0.2, 0.25) is 0 Å². The molecular formula is C25H26F4N8. The van der Waals surface area contributed by atoms with Gasteiger partial charge in [-0.3, -0.25) is 0 Å². The third kappa shape index (κ3) is 4.96. The molecule has 1 aromatic carbocycles. The Morgan fingerprint density at radius 1 is 1.08 bits per heavy atom. The van der Waals surface area contributed by atoms with Gasteiger partial charge in [-0.15, -0.1) is 0 Å². The number of hydrogen-bond acceptors (Lipinski definition) is 7. The lowest BCUT2D eigenvalue weighted by Crippen LogP contribution is -2.36. The first-order chi connectivity index (χ1) is 17.8. The van der Waals surface area contributed by atoms with Gasteiger partial charge in [0, 0.05) is 36.8 Å². The number of hydrogen-bond donors (Lipinski definition) is 2. The number of piperidine rings is 2. The monoisotopic (exact) mass is 514 g/mol. The number of nitrogen functional groups attached to an aromatic ring is 1. The molecule has 0 radical (unpaired) electrons. The van der Waals surface area contributed by atoms with Crippen LogP contribution in [0.15, 0.2) is 30.7 Å². The van der Waals surface area contributed by atoms with Gasteiger partial charge in [0.25, 0.3) is 0 Å². The van der Waals surface area contributed by atoms with Crippen molar-refractivity contribution in [2.24, 2.45) is 0 Å². The molecule has 5 rings (SSSR count). The van der Waals surface area contributed by atoms with Crippen molar-refractivity contribution in [3.8, 4) is 17.3 Å². The highest BCUT2D eigenvalue weighted by Gasteiger charge is 2.35. The number of nitrogens with zero attached hydrogens (tertiary/aromatic N) is 6. The zero-order chi connectivity index (χ0) is 26.2. The molecular weight excluding hydrogens is 488 g/mol. The maximum absolute atomic E-state index is 13.9. The molecule has 0 unspecified atom stereocenters. The predicted molar refractivity (Wildman–Crippen MR) is 129 cm³/mol. The van der Waals surface area contributed by atoms with Gasteiger partial charge in [-0.05, 0) is 57.0 Å². The SMILES string of the molecule is N#Cc1c(N)ncnc1N1CCC(c2nc(-c3ccc(F)c(C(F)(F)F)c3)cn2C2CCNCC2)CC1. The van der Waals surface area contributed by atoms with E-state index in [0.29, 0.717) is 37.4 Å². The van der Waals surface area contributed by atoms with Gasteiger partial charge in [0.05, 0.1) is 11.3 Å². The molecule has 3 N–H and O–H groups in total. The molecule has 0 spiro atoms. The smallest absolute Gasteiger partial charge is 0.382 e. The standard InChI is InChI=1S/C25H26F4N8/c26-20-2-1-16(11-19(20)25(27,28)29)21-13-37(17-3-7-32-8-4-17)23(35-21)15-5-9-36(10-6-15)24-18(12-30)22(31)33-14-34-24/h1-2,11,13-15,17,32H,3-10H2,(H2,31,33,34). The molecule has 2 saturated heterocycles. The minimum absolute atomic E-state index is 0.0622. The summed E-state index contributed by atoms with van der Waals surface area (Å²) in [5.74, 6) is 0.220. The average molecular weight is 515 g/mol. The molecule has 0 saturated carbocycles. The number of alkyl halides is 3. The van der Waals surface area contributed by atoms with E-state index in [1.165, 1.54) is 12.4 Å². The number of nitriles is 1. The first-order valence-electron chi connectivity index (χ1n) is 12.2. The fourth-order valence-electron chi connectivity index (χ4n) is 5.21. The molecule has 4 heterocycles. The normalized spacial score (nSPS) is 17.6. The molecule has 8 nitrogen and oxygen atoms in total. The van der Waals surface area contributed by atoms with Crippen molar-refractivity contribution in [1.82, 2.24) is 24.8 Å². The lowest BCUT2D eigenvalue weighted by molar-refractivity contribution is -0.139. The van der Waals surface area contributed by atoms with E-state index in [9.17, 15) is 22.8 Å². The molecule has 3 aromatic rings. The van der Waals surface area contributed by atoms with Crippen molar-refractivity contribution in [3.63, 3.8) is 0 Å². The summed E-state index contributed by atoms with van der Waals surface area (Å²) in [4.78, 5) is 15.0. The largest absolute Gasteiger partial charge is 0.419 e. The van der Waals surface area contributed by atoms with Crippen LogP contribution in [0.25, 0.3) is 11.3 Å². The van der Waals surface area contributed by atoms with Crippen LogP contribution in [0, 0.1) is 17.1 Å². The van der Waals surface area contributed by atoms with Crippen LogP contribution in [0.1, 0.15) is 54.6 Å². The second-order valence-corrected chi connectivity index (χ2v) is 9.40. The van der Waals surface area contributed by atoms with Crippen LogP contribution in [0.2, 0.25) is 0 Å². The van der Waals surface area contributed by atoms with Crippen molar-refractivity contribution < 1.29 is 17.6 Å². The molecule has 2 aliphatic rings. The molecule has 37 heavy (non-hydrogen) atoms. The van der Waals surface area contributed by atoms with Crippen LogP contribution < -0.4 is 16.0 Å². The maximum Gasteiger partial charge on any atom is 0.419 e. The first kappa shape index (κ1) is 25.0. The summed E-state index contributed by atoms with van der Waals surface area (Å²) in [6.07, 6.45) is 1.55. The predicted octanol–water partition coefficient (Wildman–Crippen LogP) is 4.26. The van der Waals surface area contributed by atoms with E-state index in [-0.39, 0.29) is 28.9 Å². The number of halogens is 4. The number of imidazole rings is 1. The Kier molecular flexibility index (Phi) is 6.72. The number of aromatic nitrogens is 4. The summed E-state index contributed by atoms with van der Waals surface area (Å²) in [5, 5.41) is 12.8. The maximum atomic E-state index is 13.9. The molecule has 0 atom stereocenters. The molecule has 2 fully saturated rings. The zero-order valence-electron chi connectivity index (χ0n) is 20.0. The highest BCUT2D eigenvalue weighted by molar-refractivity contribution is 5.63. The first-order valence-corrected chi connectivity index (χ1v) is 12.2. The Morgan fingerprint density at radius 2 is 1.81 bits per heavy atom. The van der Waals surface area contributed by atoms with Gasteiger partial charge < -0.3 is 20.5 Å². The molecule has 194 valence electrons. The second kappa shape index (κ2) is 9.97.